The van der Waals surface area contributed by atoms with Crippen LogP contribution in [0.1, 0.15) is 93.6 Å². The molecule has 0 radical (unpaired) electrons. The van der Waals surface area contributed by atoms with Gasteiger partial charge in [-0.2, -0.15) is 0 Å². The molecule has 332 valence electrons. The van der Waals surface area contributed by atoms with E-state index in [0.717, 1.165) is 30.8 Å². The third kappa shape index (κ3) is 15.1. The van der Waals surface area contributed by atoms with Crippen molar-refractivity contribution in [3.8, 4) is 0 Å². The van der Waals surface area contributed by atoms with E-state index in [2.05, 4.69) is 62.2 Å². The van der Waals surface area contributed by atoms with Gasteiger partial charge in [-0.25, -0.2) is 0 Å². The number of carbonyl (C=O) groups is 3. The largest absolute Gasteiger partial charge is 0.483 e. The van der Waals surface area contributed by atoms with Crippen molar-refractivity contribution in [1.82, 2.24) is 5.32 Å². The van der Waals surface area contributed by atoms with Crippen LogP contribution in [0.4, 0.5) is 5.69 Å². The number of methoxy groups -OCH3 is 1. The summed E-state index contributed by atoms with van der Waals surface area (Å²) in [5.74, 6) is -1.38. The van der Waals surface area contributed by atoms with Crippen molar-refractivity contribution in [2.45, 2.75) is 161 Å². The van der Waals surface area contributed by atoms with Gasteiger partial charge in [0.25, 0.3) is 6.47 Å². The first kappa shape index (κ1) is 49.7. The Hall–Kier alpha value is -3.63. The molecule has 3 heterocycles. The second-order valence-electron chi connectivity index (χ2n) is 16.8. The molecular weight excluding hydrogens is 760 g/mol. The van der Waals surface area contributed by atoms with Crippen molar-refractivity contribution in [1.29, 1.82) is 0 Å². The summed E-state index contributed by atoms with van der Waals surface area (Å²) in [5, 5.41) is 44.3. The number of nitrogens with one attached hydrogen (secondary N) is 1. The van der Waals surface area contributed by atoms with E-state index in [1.807, 2.05) is 13.8 Å². The normalized spacial score (nSPS) is 32.5. The monoisotopic (exact) mass is 830 g/mol. The number of benzene rings is 1. The second-order valence-corrected chi connectivity index (χ2v) is 16.8. The molecule has 1 aromatic rings. The minimum atomic E-state index is -1.46. The number of esters is 2. The van der Waals surface area contributed by atoms with Crippen LogP contribution in [-0.2, 0) is 44.6 Å². The fourth-order valence-electron chi connectivity index (χ4n) is 8.11. The number of hydrogen-bond donors (Lipinski definition) is 5. The molecule has 13 atom stereocenters. The minimum absolute atomic E-state index is 0.0242. The lowest BCUT2D eigenvalue weighted by Gasteiger charge is -2.37. The molecule has 0 saturated carbocycles. The van der Waals surface area contributed by atoms with Crippen LogP contribution >= 0.6 is 0 Å². The van der Waals surface area contributed by atoms with Crippen molar-refractivity contribution in [3.05, 3.63) is 65.8 Å². The van der Waals surface area contributed by atoms with E-state index >= 15 is 0 Å². The highest BCUT2D eigenvalue weighted by atomic mass is 16.6. The average molecular weight is 831 g/mol. The number of nitrogens with zero attached hydrogens (tertiary/aromatic N) is 1. The Morgan fingerprint density at radius 1 is 1.10 bits per heavy atom. The maximum absolute atomic E-state index is 13.0. The molecule has 2 saturated heterocycles. The van der Waals surface area contributed by atoms with E-state index in [0.29, 0.717) is 12.1 Å². The van der Waals surface area contributed by atoms with Crippen LogP contribution in [0, 0.1) is 11.8 Å². The summed E-state index contributed by atoms with van der Waals surface area (Å²) < 4.78 is 29.3. The number of aliphatic hydroxyl groups excluding tert-OH is 1. The zero-order valence-electron chi connectivity index (χ0n) is 36.6. The fourth-order valence-corrected chi connectivity index (χ4v) is 8.11. The van der Waals surface area contributed by atoms with Crippen molar-refractivity contribution >= 4 is 24.1 Å². The number of cyclic esters (lactones) is 1. The summed E-state index contributed by atoms with van der Waals surface area (Å²) >= 11 is 0. The van der Waals surface area contributed by atoms with E-state index < -0.39 is 47.5 Å². The summed E-state index contributed by atoms with van der Waals surface area (Å²) in [6, 6.07) is 8.03. The lowest BCUT2D eigenvalue weighted by molar-refractivity contribution is -0.157. The fraction of sp³-hybridized carbons (Fsp3) is 0.667. The maximum atomic E-state index is 13.0. The van der Waals surface area contributed by atoms with Gasteiger partial charge in [0.1, 0.15) is 23.9 Å². The van der Waals surface area contributed by atoms with Gasteiger partial charge in [0.2, 0.25) is 0 Å². The molecule has 4 rings (SSSR count). The first-order valence-electron chi connectivity index (χ1n) is 20.8. The zero-order chi connectivity index (χ0) is 44.1. The number of rotatable bonds is 14. The van der Waals surface area contributed by atoms with E-state index in [-0.39, 0.29) is 68.1 Å². The van der Waals surface area contributed by atoms with E-state index in [1.54, 1.807) is 51.3 Å². The second kappa shape index (κ2) is 22.8. The standard InChI is InChI=1S/C44H68N2O10.CH2O2/c1-11-36(52-10)31(6)40-41(56-40)42(45-24-33-15-17-34(18-16-33)46-25-29(4)53-30(5)26-46)44(9,51)21-12-13-27(2)39-28(3)14-19-37(54-32(7)47)43(8,50)22-20-35(48)23-38(49)55-39;2-1-3/h12-19,21,28-31,35-37,39-42,45,48,50-51H,11,20,22-26H2,1-10H3;1H,(H,2,3)/b19-14+,21-12+,27-13+;/t28-,29?,30?,31+,35+,36-,37-,39?,40+,41-,42?,43+,44?;/m0./s1. The van der Waals surface area contributed by atoms with Crippen molar-refractivity contribution < 1.29 is 58.5 Å². The predicted molar refractivity (Wildman–Crippen MR) is 225 cm³/mol. The number of aliphatic hydroxyl groups is 3. The molecule has 5 N–H and O–H groups in total. The molecule has 0 aromatic heterocycles. The highest BCUT2D eigenvalue weighted by Gasteiger charge is 2.54. The molecule has 5 unspecified atom stereocenters. The van der Waals surface area contributed by atoms with Gasteiger partial charge < -0.3 is 54.3 Å². The highest BCUT2D eigenvalue weighted by molar-refractivity contribution is 5.70. The summed E-state index contributed by atoms with van der Waals surface area (Å²) in [6.07, 6.45) is 6.74. The number of anilines is 1. The molecule has 59 heavy (non-hydrogen) atoms. The van der Waals surface area contributed by atoms with E-state index in [1.165, 1.54) is 6.92 Å². The minimum Gasteiger partial charge on any atom is -0.483 e. The Balaban J connectivity index is 0.00000300. The molecule has 2 fully saturated rings. The first-order valence-corrected chi connectivity index (χ1v) is 20.8. The Kier molecular flexibility index (Phi) is 19.2. The van der Waals surface area contributed by atoms with Crippen LogP contribution in [-0.4, -0.2) is 125 Å². The lowest BCUT2D eigenvalue weighted by Crippen LogP contribution is -2.52. The van der Waals surface area contributed by atoms with E-state index in [9.17, 15) is 24.9 Å². The zero-order valence-corrected chi connectivity index (χ0v) is 36.6. The van der Waals surface area contributed by atoms with Crippen LogP contribution in [0.25, 0.3) is 0 Å². The Morgan fingerprint density at radius 3 is 2.31 bits per heavy atom. The quantitative estimate of drug-likeness (QED) is 0.0560. The number of hydrogen-bond acceptors (Lipinski definition) is 13. The van der Waals surface area contributed by atoms with Crippen molar-refractivity contribution in [2.24, 2.45) is 11.8 Å². The third-order valence-corrected chi connectivity index (χ3v) is 11.4. The third-order valence-electron chi connectivity index (χ3n) is 11.4. The van der Waals surface area contributed by atoms with Crippen LogP contribution in [0.5, 0.6) is 0 Å². The van der Waals surface area contributed by atoms with Gasteiger partial charge in [0.15, 0.2) is 0 Å². The SMILES string of the molecule is CC[C@H](OC)[C@@H](C)[C@H]1O[C@@H]1C(NCc1ccc(N2CC(C)OC(C)C2)cc1)C(C)(O)/C=C/C=C(\C)C1OC(=O)C[C@H](O)CC[C@@](C)(O)[C@@H](OC(C)=O)/C=C/[C@@H]1C.O=CO. The molecule has 0 amide bonds. The summed E-state index contributed by atoms with van der Waals surface area (Å²) in [5.41, 5.74) is 0.105. The van der Waals surface area contributed by atoms with Crippen LogP contribution in [0.2, 0.25) is 0 Å². The molecule has 1 aromatic carbocycles. The van der Waals surface area contributed by atoms with Gasteiger partial charge in [0, 0.05) is 51.2 Å². The number of carboxylic acid groups (broad SMARTS) is 1. The lowest BCUT2D eigenvalue weighted by atomic mass is 9.87. The number of allylic oxidation sites excluding steroid dienone is 2. The molecule has 0 aliphatic carbocycles. The predicted octanol–water partition coefficient (Wildman–Crippen LogP) is 4.87. The summed E-state index contributed by atoms with van der Waals surface area (Å²) in [7, 11) is 1.72. The average Bonchev–Trinajstić information content (AvgIpc) is 3.95. The number of epoxide rings is 1. The van der Waals surface area contributed by atoms with Gasteiger partial charge in [-0.05, 0) is 83.2 Å². The van der Waals surface area contributed by atoms with Crippen LogP contribution < -0.4 is 10.2 Å². The molecule has 3 aliphatic rings. The molecule has 0 spiro atoms. The Labute approximate surface area is 350 Å². The van der Waals surface area contributed by atoms with Gasteiger partial charge in [-0.1, -0.05) is 57.2 Å². The van der Waals surface area contributed by atoms with Gasteiger partial charge in [-0.15, -0.1) is 0 Å². The Bertz CT molecular complexity index is 1560. The summed E-state index contributed by atoms with van der Waals surface area (Å²) in [4.78, 5) is 35.6. The van der Waals surface area contributed by atoms with E-state index in [4.69, 9.17) is 33.6 Å². The molecule has 0 bridgehead atoms. The van der Waals surface area contributed by atoms with Crippen LogP contribution in [0.3, 0.4) is 0 Å². The number of morpholine rings is 1. The number of carbonyl (C=O) groups excluding carboxylic acids is 2. The molecule has 14 nitrogen and oxygen atoms in total. The summed E-state index contributed by atoms with van der Waals surface area (Å²) in [6.45, 7) is 18.6. The maximum Gasteiger partial charge on any atom is 0.309 e. The van der Waals surface area contributed by atoms with Crippen molar-refractivity contribution in [3.63, 3.8) is 0 Å². The van der Waals surface area contributed by atoms with Gasteiger partial charge in [-0.3, -0.25) is 14.4 Å². The van der Waals surface area contributed by atoms with Gasteiger partial charge in [0.05, 0.1) is 48.6 Å². The number of ether oxygens (including phenoxy) is 5. The highest BCUT2D eigenvalue weighted by Crippen LogP contribution is 2.39. The molecule has 14 heteroatoms. The van der Waals surface area contributed by atoms with Gasteiger partial charge >= 0.3 is 11.9 Å². The first-order chi connectivity index (χ1) is 27.8. The van der Waals surface area contributed by atoms with Crippen LogP contribution in [0.15, 0.2) is 60.2 Å². The Morgan fingerprint density at radius 2 is 1.73 bits per heavy atom. The van der Waals surface area contributed by atoms with Crippen molar-refractivity contribution in [2.75, 3.05) is 25.1 Å². The smallest absolute Gasteiger partial charge is 0.309 e. The molecular formula is C45H70N2O12. The molecule has 3 aliphatic heterocycles. The topological polar surface area (TPSA) is 197 Å².